The number of nitrogens with two attached hydrogens (primary N) is 1. The van der Waals surface area contributed by atoms with E-state index in [4.69, 9.17) is 21.1 Å². The van der Waals surface area contributed by atoms with Crippen LogP contribution in [0.3, 0.4) is 0 Å². The predicted octanol–water partition coefficient (Wildman–Crippen LogP) is -0.661. The molecule has 1 aromatic rings. The molecule has 0 aromatic carbocycles. The zero-order valence-electron chi connectivity index (χ0n) is 8.71. The summed E-state index contributed by atoms with van der Waals surface area (Å²) in [5.41, 5.74) is 0.0924. The van der Waals surface area contributed by atoms with E-state index in [9.17, 15) is 4.79 Å². The number of aromatic nitrogens is 2. The first-order valence-electron chi connectivity index (χ1n) is 4.50. The van der Waals surface area contributed by atoms with Gasteiger partial charge in [0, 0.05) is 6.07 Å². The van der Waals surface area contributed by atoms with Crippen LogP contribution < -0.4 is 16.0 Å². The average Bonchev–Trinajstić information content (AvgIpc) is 2.29. The molecule has 92 valence electrons. The molecule has 0 aliphatic carbocycles. The highest BCUT2D eigenvalue weighted by Crippen LogP contribution is 2.04. The van der Waals surface area contributed by atoms with E-state index < -0.39 is 6.09 Å². The highest BCUT2D eigenvalue weighted by molar-refractivity contribution is 6.02. The van der Waals surface area contributed by atoms with Crippen LogP contribution in [0.15, 0.2) is 12.1 Å². The van der Waals surface area contributed by atoms with Crippen molar-refractivity contribution in [3.63, 3.8) is 0 Å². The number of ether oxygens (including phenoxy) is 1. The van der Waals surface area contributed by atoms with Gasteiger partial charge in [-0.3, -0.25) is 10.7 Å². The number of carbonyl (C=O) groups is 1. The Bertz CT molecular complexity index is 393. The van der Waals surface area contributed by atoms with Gasteiger partial charge in [-0.2, -0.15) is 0 Å². The summed E-state index contributed by atoms with van der Waals surface area (Å²) in [5, 5.41) is 24.8. The second kappa shape index (κ2) is 6.35. The molecule has 1 rings (SSSR count). The topological polar surface area (TPSA) is 143 Å². The minimum atomic E-state index is -1.34. The second-order valence-corrected chi connectivity index (χ2v) is 2.78. The van der Waals surface area contributed by atoms with Gasteiger partial charge in [-0.15, -0.1) is 10.2 Å². The first kappa shape index (κ1) is 12.8. The standard InChI is InChI=1S/C8H11N5O4/c9-7(11-8(14)15)5-1-2-6(13-12-5)16-3-4-17-10/h1-2H,3-4,10H2,(H2,9,11)(H,14,15). The Balaban J connectivity index is 2.55. The monoisotopic (exact) mass is 241 g/mol. The van der Waals surface area contributed by atoms with Gasteiger partial charge in [0.05, 0.1) is 0 Å². The Kier molecular flexibility index (Phi) is 4.78. The second-order valence-electron chi connectivity index (χ2n) is 2.78. The van der Waals surface area contributed by atoms with E-state index in [0.29, 0.717) is 0 Å². The Labute approximate surface area is 96.0 Å². The fourth-order valence-corrected chi connectivity index (χ4v) is 0.896. The van der Waals surface area contributed by atoms with Crippen molar-refractivity contribution in [3.05, 3.63) is 17.8 Å². The third-order valence-corrected chi connectivity index (χ3v) is 1.58. The predicted molar refractivity (Wildman–Crippen MR) is 55.7 cm³/mol. The van der Waals surface area contributed by atoms with E-state index in [-0.39, 0.29) is 30.6 Å². The SMILES string of the molecule is N=C(NC(=O)O)c1ccc(OCCON)nn1. The van der Waals surface area contributed by atoms with Crippen LogP contribution in [0.1, 0.15) is 5.69 Å². The number of hydrogen-bond acceptors (Lipinski definition) is 7. The number of amides is 1. The third-order valence-electron chi connectivity index (χ3n) is 1.58. The molecule has 1 amide bonds. The fourth-order valence-electron chi connectivity index (χ4n) is 0.896. The third kappa shape index (κ3) is 4.40. The minimum Gasteiger partial charge on any atom is -0.474 e. The Hall–Kier alpha value is -2.26. The van der Waals surface area contributed by atoms with Gasteiger partial charge in [-0.1, -0.05) is 0 Å². The maximum atomic E-state index is 10.3. The molecule has 9 nitrogen and oxygen atoms in total. The molecular formula is C8H11N5O4. The van der Waals surface area contributed by atoms with Crippen molar-refractivity contribution in [3.8, 4) is 5.88 Å². The first-order chi connectivity index (χ1) is 8.13. The lowest BCUT2D eigenvalue weighted by molar-refractivity contribution is 0.0998. The van der Waals surface area contributed by atoms with Crippen LogP contribution in [0.2, 0.25) is 0 Å². The van der Waals surface area contributed by atoms with Crippen LogP contribution in [0.5, 0.6) is 5.88 Å². The van der Waals surface area contributed by atoms with E-state index in [2.05, 4.69) is 15.0 Å². The number of hydrogen-bond donors (Lipinski definition) is 4. The van der Waals surface area contributed by atoms with E-state index >= 15 is 0 Å². The summed E-state index contributed by atoms with van der Waals surface area (Å²) in [5.74, 6) is 4.67. The molecule has 9 heteroatoms. The van der Waals surface area contributed by atoms with E-state index in [0.717, 1.165) is 0 Å². The Morgan fingerprint density at radius 3 is 2.76 bits per heavy atom. The maximum Gasteiger partial charge on any atom is 0.410 e. The van der Waals surface area contributed by atoms with E-state index in [1.165, 1.54) is 12.1 Å². The van der Waals surface area contributed by atoms with E-state index in [1.807, 2.05) is 5.32 Å². The number of rotatable bonds is 5. The molecule has 0 saturated carbocycles. The zero-order chi connectivity index (χ0) is 12.7. The lowest BCUT2D eigenvalue weighted by Crippen LogP contribution is -2.29. The molecule has 17 heavy (non-hydrogen) atoms. The van der Waals surface area contributed by atoms with Crippen molar-refractivity contribution in [1.29, 1.82) is 5.41 Å². The van der Waals surface area contributed by atoms with Gasteiger partial charge >= 0.3 is 6.09 Å². The molecule has 0 aliphatic heterocycles. The van der Waals surface area contributed by atoms with Gasteiger partial charge in [0.25, 0.3) is 0 Å². The summed E-state index contributed by atoms with van der Waals surface area (Å²) in [4.78, 5) is 14.6. The van der Waals surface area contributed by atoms with Gasteiger partial charge in [0.1, 0.15) is 18.9 Å². The van der Waals surface area contributed by atoms with Crippen molar-refractivity contribution in [2.45, 2.75) is 0 Å². The van der Waals surface area contributed by atoms with Crippen LogP contribution in [-0.4, -0.2) is 40.4 Å². The number of nitrogens with zero attached hydrogens (tertiary/aromatic N) is 2. The summed E-state index contributed by atoms with van der Waals surface area (Å²) in [7, 11) is 0. The summed E-state index contributed by atoms with van der Waals surface area (Å²) < 4.78 is 5.08. The number of nitrogens with one attached hydrogen (secondary N) is 2. The van der Waals surface area contributed by atoms with Gasteiger partial charge < -0.3 is 14.7 Å². The summed E-state index contributed by atoms with van der Waals surface area (Å²) >= 11 is 0. The van der Waals surface area contributed by atoms with Gasteiger partial charge in [-0.25, -0.2) is 10.7 Å². The summed E-state index contributed by atoms with van der Waals surface area (Å²) in [6, 6.07) is 2.86. The molecule has 0 spiro atoms. The smallest absolute Gasteiger partial charge is 0.410 e. The molecule has 0 bridgehead atoms. The summed E-state index contributed by atoms with van der Waals surface area (Å²) in [6.45, 7) is 0.426. The van der Waals surface area contributed by atoms with Crippen LogP contribution >= 0.6 is 0 Å². The molecule has 0 aliphatic rings. The molecule has 0 radical (unpaired) electrons. The number of amidine groups is 1. The molecule has 5 N–H and O–H groups in total. The van der Waals surface area contributed by atoms with Crippen LogP contribution in [0, 0.1) is 5.41 Å². The summed E-state index contributed by atoms with van der Waals surface area (Å²) in [6.07, 6.45) is -1.34. The molecule has 0 unspecified atom stereocenters. The van der Waals surface area contributed by atoms with Crippen molar-refractivity contribution in [2.24, 2.45) is 5.90 Å². The highest BCUT2D eigenvalue weighted by Gasteiger charge is 2.07. The molecule has 1 heterocycles. The quantitative estimate of drug-likeness (QED) is 0.232. The van der Waals surface area contributed by atoms with Gasteiger partial charge in [-0.05, 0) is 6.07 Å². The molecule has 1 aromatic heterocycles. The van der Waals surface area contributed by atoms with Crippen LogP contribution in [-0.2, 0) is 4.84 Å². The lowest BCUT2D eigenvalue weighted by Gasteiger charge is -2.04. The van der Waals surface area contributed by atoms with Crippen molar-refractivity contribution >= 4 is 11.9 Å². The Morgan fingerprint density at radius 2 is 2.24 bits per heavy atom. The molecule has 0 atom stereocenters. The Morgan fingerprint density at radius 1 is 1.47 bits per heavy atom. The fraction of sp³-hybridized carbons (Fsp3) is 0.250. The van der Waals surface area contributed by atoms with Gasteiger partial charge in [0.15, 0.2) is 5.84 Å². The molecule has 0 fully saturated rings. The molecule has 0 saturated heterocycles. The van der Waals surface area contributed by atoms with Crippen molar-refractivity contribution in [2.75, 3.05) is 13.2 Å². The largest absolute Gasteiger partial charge is 0.474 e. The van der Waals surface area contributed by atoms with Crippen molar-refractivity contribution in [1.82, 2.24) is 15.5 Å². The van der Waals surface area contributed by atoms with Crippen molar-refractivity contribution < 1.29 is 19.5 Å². The first-order valence-corrected chi connectivity index (χ1v) is 4.50. The van der Waals surface area contributed by atoms with E-state index in [1.54, 1.807) is 0 Å². The lowest BCUT2D eigenvalue weighted by atomic mass is 10.3. The van der Waals surface area contributed by atoms with Crippen LogP contribution in [0.4, 0.5) is 4.79 Å². The normalized spacial score (nSPS) is 9.71. The zero-order valence-corrected chi connectivity index (χ0v) is 8.71. The highest BCUT2D eigenvalue weighted by atomic mass is 16.6. The molecular weight excluding hydrogens is 230 g/mol. The minimum absolute atomic E-state index is 0.0924. The average molecular weight is 241 g/mol. The number of carboxylic acid groups (broad SMARTS) is 1. The van der Waals surface area contributed by atoms with Crippen LogP contribution in [0.25, 0.3) is 0 Å². The maximum absolute atomic E-state index is 10.3. The van der Waals surface area contributed by atoms with Gasteiger partial charge in [0.2, 0.25) is 5.88 Å².